The molecular weight excluding hydrogens is 268 g/mol. The van der Waals surface area contributed by atoms with E-state index in [0.717, 1.165) is 11.1 Å². The summed E-state index contributed by atoms with van der Waals surface area (Å²) in [5, 5.41) is 9.54. The van der Waals surface area contributed by atoms with Gasteiger partial charge in [-0.05, 0) is 24.5 Å². The molecule has 0 aromatic heterocycles. The van der Waals surface area contributed by atoms with E-state index < -0.39 is 12.0 Å². The number of hydrogen-bond acceptors (Lipinski definition) is 2. The standard InChI is InChI=1S/C16H20N2O3/c1-11(2)10-17(3)16(21)18-9-8-12-6-4-5-7-13(12)14(18)15(19)20/h4-7,14H,1,8-10H2,2-3H3,(H,19,20). The van der Waals surface area contributed by atoms with E-state index in [-0.39, 0.29) is 6.03 Å². The smallest absolute Gasteiger partial charge is 0.331 e. The quantitative estimate of drug-likeness (QED) is 0.868. The fourth-order valence-electron chi connectivity index (χ4n) is 2.73. The monoisotopic (exact) mass is 288 g/mol. The number of urea groups is 1. The predicted molar refractivity (Wildman–Crippen MR) is 80.1 cm³/mol. The van der Waals surface area contributed by atoms with E-state index in [2.05, 4.69) is 6.58 Å². The Morgan fingerprint density at radius 3 is 2.71 bits per heavy atom. The number of nitrogens with zero attached hydrogens (tertiary/aromatic N) is 2. The van der Waals surface area contributed by atoms with Gasteiger partial charge in [-0.1, -0.05) is 36.4 Å². The van der Waals surface area contributed by atoms with E-state index in [1.807, 2.05) is 19.1 Å². The molecule has 1 aliphatic rings. The lowest BCUT2D eigenvalue weighted by Crippen LogP contribution is -2.49. The van der Waals surface area contributed by atoms with E-state index in [1.165, 1.54) is 9.80 Å². The molecule has 1 aliphatic heterocycles. The maximum atomic E-state index is 12.5. The zero-order chi connectivity index (χ0) is 15.6. The number of amides is 2. The average Bonchev–Trinajstić information content (AvgIpc) is 2.44. The number of likely N-dealkylation sites (N-methyl/N-ethyl adjacent to an activating group) is 1. The third-order valence-corrected chi connectivity index (χ3v) is 3.60. The van der Waals surface area contributed by atoms with Crippen molar-refractivity contribution >= 4 is 12.0 Å². The van der Waals surface area contributed by atoms with Crippen LogP contribution in [0.4, 0.5) is 4.79 Å². The number of fused-ring (bicyclic) bond motifs is 1. The lowest BCUT2D eigenvalue weighted by atomic mass is 9.93. The molecule has 2 amide bonds. The first-order valence-corrected chi connectivity index (χ1v) is 6.88. The lowest BCUT2D eigenvalue weighted by molar-refractivity contribution is -0.143. The summed E-state index contributed by atoms with van der Waals surface area (Å²) in [5.41, 5.74) is 2.56. The van der Waals surface area contributed by atoms with Crippen molar-refractivity contribution in [2.24, 2.45) is 0 Å². The average molecular weight is 288 g/mol. The summed E-state index contributed by atoms with van der Waals surface area (Å²) < 4.78 is 0. The van der Waals surface area contributed by atoms with Gasteiger partial charge in [0.25, 0.3) is 0 Å². The first kappa shape index (κ1) is 15.1. The number of carbonyl (C=O) groups is 2. The lowest BCUT2D eigenvalue weighted by Gasteiger charge is -2.37. The Balaban J connectivity index is 2.30. The van der Waals surface area contributed by atoms with Crippen molar-refractivity contribution in [2.75, 3.05) is 20.1 Å². The minimum absolute atomic E-state index is 0.278. The summed E-state index contributed by atoms with van der Waals surface area (Å²) in [6, 6.07) is 6.20. The van der Waals surface area contributed by atoms with E-state index >= 15 is 0 Å². The predicted octanol–water partition coefficient (Wildman–Crippen LogP) is 2.30. The number of rotatable bonds is 3. The molecule has 1 N–H and O–H groups in total. The Morgan fingerprint density at radius 1 is 1.43 bits per heavy atom. The summed E-state index contributed by atoms with van der Waals surface area (Å²) in [7, 11) is 1.66. The van der Waals surface area contributed by atoms with Gasteiger partial charge in [0, 0.05) is 20.1 Å². The number of benzene rings is 1. The highest BCUT2D eigenvalue weighted by molar-refractivity contribution is 5.84. The molecule has 0 spiro atoms. The molecule has 1 aromatic rings. The normalized spacial score (nSPS) is 17.0. The third kappa shape index (κ3) is 3.07. The van der Waals surface area contributed by atoms with E-state index in [0.29, 0.717) is 25.1 Å². The Labute approximate surface area is 124 Å². The van der Waals surface area contributed by atoms with Gasteiger partial charge in [-0.25, -0.2) is 9.59 Å². The second-order valence-corrected chi connectivity index (χ2v) is 5.48. The molecule has 0 aliphatic carbocycles. The summed E-state index contributed by atoms with van der Waals surface area (Å²) in [6.07, 6.45) is 0.673. The fraction of sp³-hybridized carbons (Fsp3) is 0.375. The molecular formula is C16H20N2O3. The molecule has 1 heterocycles. The number of carboxylic acids is 1. The molecule has 1 aromatic carbocycles. The van der Waals surface area contributed by atoms with Gasteiger partial charge in [0.2, 0.25) is 0 Å². The van der Waals surface area contributed by atoms with Gasteiger partial charge in [-0.3, -0.25) is 0 Å². The van der Waals surface area contributed by atoms with Crippen LogP contribution < -0.4 is 0 Å². The van der Waals surface area contributed by atoms with Crippen molar-refractivity contribution < 1.29 is 14.7 Å². The molecule has 112 valence electrons. The van der Waals surface area contributed by atoms with Gasteiger partial charge in [-0.2, -0.15) is 0 Å². The number of carbonyl (C=O) groups excluding carboxylic acids is 1. The molecule has 1 unspecified atom stereocenters. The fourth-order valence-corrected chi connectivity index (χ4v) is 2.73. The highest BCUT2D eigenvalue weighted by atomic mass is 16.4. The van der Waals surface area contributed by atoms with E-state index in [1.54, 1.807) is 19.2 Å². The molecule has 21 heavy (non-hydrogen) atoms. The summed E-state index contributed by atoms with van der Waals surface area (Å²) in [5.74, 6) is -1.00. The second kappa shape index (κ2) is 5.99. The van der Waals surface area contributed by atoms with Crippen LogP contribution in [0.1, 0.15) is 24.1 Å². The maximum absolute atomic E-state index is 12.5. The van der Waals surface area contributed by atoms with Crippen molar-refractivity contribution in [3.8, 4) is 0 Å². The summed E-state index contributed by atoms with van der Waals surface area (Å²) in [6.45, 7) is 6.45. The van der Waals surface area contributed by atoms with Crippen LogP contribution in [0.25, 0.3) is 0 Å². The van der Waals surface area contributed by atoms with Crippen molar-refractivity contribution in [3.63, 3.8) is 0 Å². The van der Waals surface area contributed by atoms with Crippen LogP contribution >= 0.6 is 0 Å². The number of hydrogen-bond donors (Lipinski definition) is 1. The highest BCUT2D eigenvalue weighted by Gasteiger charge is 2.36. The SMILES string of the molecule is C=C(C)CN(C)C(=O)N1CCc2ccccc2C1C(=O)O. The molecule has 0 saturated heterocycles. The Morgan fingerprint density at radius 2 is 2.10 bits per heavy atom. The van der Waals surface area contributed by atoms with Crippen LogP contribution in [0.3, 0.4) is 0 Å². The van der Waals surface area contributed by atoms with E-state index in [9.17, 15) is 14.7 Å². The Hall–Kier alpha value is -2.30. The molecule has 0 fully saturated rings. The summed E-state index contributed by atoms with van der Waals surface area (Å²) in [4.78, 5) is 27.1. The van der Waals surface area contributed by atoms with Crippen LogP contribution in [-0.2, 0) is 11.2 Å². The highest BCUT2D eigenvalue weighted by Crippen LogP contribution is 2.30. The van der Waals surface area contributed by atoms with Crippen LogP contribution in [-0.4, -0.2) is 47.0 Å². The van der Waals surface area contributed by atoms with Gasteiger partial charge in [0.1, 0.15) is 0 Å². The number of carboxylic acid groups (broad SMARTS) is 1. The number of aliphatic carboxylic acids is 1. The maximum Gasteiger partial charge on any atom is 0.331 e. The zero-order valence-corrected chi connectivity index (χ0v) is 12.4. The zero-order valence-electron chi connectivity index (χ0n) is 12.4. The van der Waals surface area contributed by atoms with Gasteiger partial charge in [0.15, 0.2) is 6.04 Å². The minimum atomic E-state index is -1.00. The van der Waals surface area contributed by atoms with Gasteiger partial charge in [0.05, 0.1) is 0 Å². The third-order valence-electron chi connectivity index (χ3n) is 3.60. The van der Waals surface area contributed by atoms with Crippen molar-refractivity contribution in [1.82, 2.24) is 9.80 Å². The van der Waals surface area contributed by atoms with Crippen molar-refractivity contribution in [3.05, 3.63) is 47.5 Å². The van der Waals surface area contributed by atoms with E-state index in [4.69, 9.17) is 0 Å². The van der Waals surface area contributed by atoms with Crippen LogP contribution in [0.15, 0.2) is 36.4 Å². The molecule has 5 nitrogen and oxygen atoms in total. The van der Waals surface area contributed by atoms with Gasteiger partial charge >= 0.3 is 12.0 Å². The van der Waals surface area contributed by atoms with Crippen molar-refractivity contribution in [2.45, 2.75) is 19.4 Å². The molecule has 0 radical (unpaired) electrons. The summed E-state index contributed by atoms with van der Waals surface area (Å²) >= 11 is 0. The molecule has 0 saturated carbocycles. The van der Waals surface area contributed by atoms with Crippen LogP contribution in [0.5, 0.6) is 0 Å². The van der Waals surface area contributed by atoms with Crippen LogP contribution in [0, 0.1) is 0 Å². The molecule has 0 bridgehead atoms. The van der Waals surface area contributed by atoms with Gasteiger partial charge in [-0.15, -0.1) is 0 Å². The Bertz CT molecular complexity index is 583. The van der Waals surface area contributed by atoms with Gasteiger partial charge < -0.3 is 14.9 Å². The molecule has 5 heteroatoms. The first-order chi connectivity index (χ1) is 9.91. The largest absolute Gasteiger partial charge is 0.479 e. The first-order valence-electron chi connectivity index (χ1n) is 6.88. The molecule has 2 rings (SSSR count). The topological polar surface area (TPSA) is 60.9 Å². The van der Waals surface area contributed by atoms with Crippen molar-refractivity contribution in [1.29, 1.82) is 0 Å². The van der Waals surface area contributed by atoms with Crippen LogP contribution in [0.2, 0.25) is 0 Å². The second-order valence-electron chi connectivity index (χ2n) is 5.48. The molecule has 1 atom stereocenters. The Kier molecular flexibility index (Phi) is 4.31. The minimum Gasteiger partial charge on any atom is -0.479 e.